The number of pyridine rings is 1. The van der Waals surface area contributed by atoms with Crippen LogP contribution in [0.3, 0.4) is 0 Å². The smallest absolute Gasteiger partial charge is 0.225 e. The number of amides is 1. The van der Waals surface area contributed by atoms with Crippen molar-refractivity contribution >= 4 is 5.91 Å². The predicted octanol–water partition coefficient (Wildman–Crippen LogP) is 2.21. The van der Waals surface area contributed by atoms with Crippen molar-refractivity contribution in [3.8, 4) is 0 Å². The first-order valence-electron chi connectivity index (χ1n) is 7.81. The minimum atomic E-state index is -0.141. The molecular weight excluding hydrogens is 278 g/mol. The molecule has 3 rings (SSSR count). The molecule has 1 aliphatic carbocycles. The van der Waals surface area contributed by atoms with Crippen molar-refractivity contribution in [2.45, 2.75) is 51.1 Å². The van der Waals surface area contributed by atoms with Crippen LogP contribution in [-0.2, 0) is 11.2 Å². The quantitative estimate of drug-likeness (QED) is 0.918. The van der Waals surface area contributed by atoms with Crippen LogP contribution in [0.15, 0.2) is 30.9 Å². The molecule has 0 bridgehead atoms. The Balaban J connectivity index is 1.63. The molecule has 6 nitrogen and oxygen atoms in total. The summed E-state index contributed by atoms with van der Waals surface area (Å²) in [6.07, 6.45) is 10.4. The van der Waals surface area contributed by atoms with Crippen molar-refractivity contribution in [1.29, 1.82) is 0 Å². The lowest BCUT2D eigenvalue weighted by Gasteiger charge is -2.18. The molecule has 0 radical (unpaired) electrons. The summed E-state index contributed by atoms with van der Waals surface area (Å²) in [6, 6.07) is 4.04. The minimum Gasteiger partial charge on any atom is -0.346 e. The molecule has 1 amide bonds. The van der Waals surface area contributed by atoms with Crippen LogP contribution in [0.2, 0.25) is 0 Å². The zero-order chi connectivity index (χ0) is 15.4. The molecule has 2 heterocycles. The molecule has 0 unspecified atom stereocenters. The van der Waals surface area contributed by atoms with Crippen LogP contribution in [0.4, 0.5) is 0 Å². The summed E-state index contributed by atoms with van der Waals surface area (Å²) >= 11 is 0. The number of aromatic nitrogens is 4. The fourth-order valence-electron chi connectivity index (χ4n) is 3.07. The summed E-state index contributed by atoms with van der Waals surface area (Å²) in [5.41, 5.74) is 0.956. The monoisotopic (exact) mass is 299 g/mol. The highest BCUT2D eigenvalue weighted by Gasteiger charge is 2.23. The summed E-state index contributed by atoms with van der Waals surface area (Å²) in [7, 11) is 0. The van der Waals surface area contributed by atoms with Crippen molar-refractivity contribution in [2.75, 3.05) is 0 Å². The van der Waals surface area contributed by atoms with Gasteiger partial charge in [0.2, 0.25) is 5.91 Å². The van der Waals surface area contributed by atoms with Crippen LogP contribution >= 0.6 is 0 Å². The van der Waals surface area contributed by atoms with Gasteiger partial charge < -0.3 is 9.88 Å². The van der Waals surface area contributed by atoms with Gasteiger partial charge in [0, 0.05) is 18.4 Å². The van der Waals surface area contributed by atoms with Crippen molar-refractivity contribution in [2.24, 2.45) is 0 Å². The van der Waals surface area contributed by atoms with Crippen LogP contribution < -0.4 is 5.32 Å². The van der Waals surface area contributed by atoms with E-state index >= 15 is 0 Å². The minimum absolute atomic E-state index is 0.0142. The summed E-state index contributed by atoms with van der Waals surface area (Å²) < 4.78 is 2.13. The molecule has 22 heavy (non-hydrogen) atoms. The van der Waals surface area contributed by atoms with E-state index in [0.29, 0.717) is 12.5 Å². The molecule has 116 valence electrons. The second-order valence-corrected chi connectivity index (χ2v) is 5.86. The number of nitrogens with zero attached hydrogens (tertiary/aromatic N) is 4. The Morgan fingerprint density at radius 1 is 1.36 bits per heavy atom. The van der Waals surface area contributed by atoms with Crippen molar-refractivity contribution in [3.63, 3.8) is 0 Å². The first-order valence-corrected chi connectivity index (χ1v) is 7.81. The van der Waals surface area contributed by atoms with E-state index in [2.05, 4.69) is 25.1 Å². The lowest BCUT2D eigenvalue weighted by Crippen LogP contribution is -2.30. The van der Waals surface area contributed by atoms with Crippen LogP contribution in [0.25, 0.3) is 0 Å². The van der Waals surface area contributed by atoms with E-state index in [1.807, 2.05) is 19.1 Å². The van der Waals surface area contributed by atoms with Gasteiger partial charge in [-0.3, -0.25) is 9.78 Å². The third kappa shape index (κ3) is 3.32. The first kappa shape index (κ1) is 14.7. The van der Waals surface area contributed by atoms with Crippen LogP contribution in [-0.4, -0.2) is 25.7 Å². The molecule has 0 spiro atoms. The van der Waals surface area contributed by atoms with E-state index in [4.69, 9.17) is 0 Å². The van der Waals surface area contributed by atoms with E-state index in [9.17, 15) is 4.79 Å². The molecule has 6 heteroatoms. The van der Waals surface area contributed by atoms with Gasteiger partial charge in [-0.25, -0.2) is 0 Å². The number of hydrogen-bond donors (Lipinski definition) is 1. The summed E-state index contributed by atoms with van der Waals surface area (Å²) in [5.74, 6) is 0.828. The highest BCUT2D eigenvalue weighted by Crippen LogP contribution is 2.31. The number of carbonyl (C=O) groups is 1. The Labute approximate surface area is 130 Å². The Hall–Kier alpha value is -2.24. The van der Waals surface area contributed by atoms with E-state index in [-0.39, 0.29) is 11.9 Å². The summed E-state index contributed by atoms with van der Waals surface area (Å²) in [4.78, 5) is 16.1. The Morgan fingerprint density at radius 3 is 2.82 bits per heavy atom. The maximum atomic E-state index is 12.2. The number of carbonyl (C=O) groups excluding carboxylic acids is 1. The SMILES string of the molecule is C[C@@H](NC(=O)Cc1ccncc1)c1nncn1C1CCCC1. The lowest BCUT2D eigenvalue weighted by atomic mass is 10.2. The highest BCUT2D eigenvalue weighted by molar-refractivity contribution is 5.78. The number of rotatable bonds is 5. The molecule has 2 aromatic rings. The fourth-order valence-corrected chi connectivity index (χ4v) is 3.07. The second kappa shape index (κ2) is 6.68. The molecular formula is C16H21N5O. The number of nitrogens with one attached hydrogen (secondary N) is 1. The summed E-state index contributed by atoms with van der Waals surface area (Å²) in [6.45, 7) is 1.96. The Bertz CT molecular complexity index is 618. The molecule has 0 saturated heterocycles. The van der Waals surface area contributed by atoms with E-state index in [1.54, 1.807) is 18.7 Å². The predicted molar refractivity (Wildman–Crippen MR) is 82.0 cm³/mol. The molecule has 1 atom stereocenters. The van der Waals surface area contributed by atoms with Gasteiger partial charge in [0.1, 0.15) is 6.33 Å². The zero-order valence-electron chi connectivity index (χ0n) is 12.8. The molecule has 0 aliphatic heterocycles. The topological polar surface area (TPSA) is 72.7 Å². The van der Waals surface area contributed by atoms with Crippen molar-refractivity contribution in [1.82, 2.24) is 25.1 Å². The van der Waals surface area contributed by atoms with Crippen LogP contribution in [0.1, 0.15) is 56.1 Å². The van der Waals surface area contributed by atoms with Gasteiger partial charge in [0.25, 0.3) is 0 Å². The molecule has 0 aromatic carbocycles. The first-order chi connectivity index (χ1) is 10.7. The van der Waals surface area contributed by atoms with Gasteiger partial charge in [-0.05, 0) is 37.5 Å². The van der Waals surface area contributed by atoms with E-state index in [1.165, 1.54) is 25.7 Å². The van der Waals surface area contributed by atoms with Gasteiger partial charge in [-0.15, -0.1) is 10.2 Å². The van der Waals surface area contributed by atoms with Gasteiger partial charge in [0.15, 0.2) is 5.82 Å². The Morgan fingerprint density at radius 2 is 2.09 bits per heavy atom. The zero-order valence-corrected chi connectivity index (χ0v) is 12.8. The molecule has 1 aliphatic rings. The van der Waals surface area contributed by atoms with Crippen molar-refractivity contribution < 1.29 is 4.79 Å². The van der Waals surface area contributed by atoms with Gasteiger partial charge in [0.05, 0.1) is 12.5 Å². The second-order valence-electron chi connectivity index (χ2n) is 5.86. The molecule has 1 saturated carbocycles. The third-order valence-electron chi connectivity index (χ3n) is 4.20. The molecule has 2 aromatic heterocycles. The number of hydrogen-bond acceptors (Lipinski definition) is 4. The van der Waals surface area contributed by atoms with E-state index in [0.717, 1.165) is 11.4 Å². The fraction of sp³-hybridized carbons (Fsp3) is 0.500. The summed E-state index contributed by atoms with van der Waals surface area (Å²) in [5, 5.41) is 11.3. The lowest BCUT2D eigenvalue weighted by molar-refractivity contribution is -0.121. The average Bonchev–Trinajstić information content (AvgIpc) is 3.19. The maximum Gasteiger partial charge on any atom is 0.225 e. The van der Waals surface area contributed by atoms with Gasteiger partial charge in [-0.2, -0.15) is 0 Å². The largest absolute Gasteiger partial charge is 0.346 e. The average molecular weight is 299 g/mol. The Kier molecular flexibility index (Phi) is 4.46. The van der Waals surface area contributed by atoms with Gasteiger partial charge in [-0.1, -0.05) is 12.8 Å². The third-order valence-corrected chi connectivity index (χ3v) is 4.20. The maximum absolute atomic E-state index is 12.2. The standard InChI is InChI=1S/C16H21N5O/c1-12(19-15(22)10-13-6-8-17-9-7-13)16-20-18-11-21(16)14-4-2-3-5-14/h6-9,11-12,14H,2-5,10H2,1H3,(H,19,22)/t12-/m1/s1. The normalized spacial score (nSPS) is 16.6. The molecule has 1 N–H and O–H groups in total. The van der Waals surface area contributed by atoms with Crippen molar-refractivity contribution in [3.05, 3.63) is 42.2 Å². The van der Waals surface area contributed by atoms with Gasteiger partial charge >= 0.3 is 0 Å². The molecule has 1 fully saturated rings. The van der Waals surface area contributed by atoms with E-state index < -0.39 is 0 Å². The van der Waals surface area contributed by atoms with Crippen LogP contribution in [0.5, 0.6) is 0 Å². The van der Waals surface area contributed by atoms with Crippen LogP contribution in [0, 0.1) is 0 Å². The highest BCUT2D eigenvalue weighted by atomic mass is 16.1.